The lowest BCUT2D eigenvalue weighted by Gasteiger charge is -2.12. The highest BCUT2D eigenvalue weighted by Crippen LogP contribution is 2.33. The number of benzene rings is 2. The summed E-state index contributed by atoms with van der Waals surface area (Å²) in [5.41, 5.74) is 1.17. The van der Waals surface area contributed by atoms with E-state index in [-0.39, 0.29) is 59.4 Å². The summed E-state index contributed by atoms with van der Waals surface area (Å²) in [6.07, 6.45) is 4.74. The van der Waals surface area contributed by atoms with Crippen molar-refractivity contribution < 1.29 is 38.0 Å². The number of thioether (sulfide) groups is 2. The number of aliphatic hydroxyl groups is 4. The summed E-state index contributed by atoms with van der Waals surface area (Å²) in [5, 5.41) is 63.2. The molecule has 0 aliphatic rings. The SMILES string of the molecule is CSc1ccc(Nc2cc(=O)n(C)cc2-c2nnc(NCC(O)CO)o2)c(F)c1.CSc1ccc(Nc2cc(=O)n(C)cc2-c2nnc(NCC(O)CO)o2)c(F)c1. The van der Waals surface area contributed by atoms with Gasteiger partial charge < -0.3 is 59.7 Å². The fourth-order valence-electron chi connectivity index (χ4n) is 4.89. The van der Waals surface area contributed by atoms with E-state index in [1.165, 1.54) is 69.3 Å². The first-order valence-electron chi connectivity index (χ1n) is 17.2. The van der Waals surface area contributed by atoms with Gasteiger partial charge in [0.2, 0.25) is 0 Å². The van der Waals surface area contributed by atoms with Crippen LogP contribution >= 0.6 is 23.5 Å². The number of aromatic nitrogens is 6. The zero-order valence-electron chi connectivity index (χ0n) is 31.4. The number of nitrogens with zero attached hydrogens (tertiary/aromatic N) is 6. The molecule has 308 valence electrons. The molecule has 58 heavy (non-hydrogen) atoms. The number of aliphatic hydroxyl groups excluding tert-OH is 4. The molecule has 2 atom stereocenters. The van der Waals surface area contributed by atoms with Crippen molar-refractivity contribution in [1.82, 2.24) is 29.5 Å². The van der Waals surface area contributed by atoms with Crippen LogP contribution in [0.4, 0.5) is 43.6 Å². The van der Waals surface area contributed by atoms with Gasteiger partial charge in [-0.2, -0.15) is 0 Å². The molecule has 0 radical (unpaired) electrons. The highest BCUT2D eigenvalue weighted by molar-refractivity contribution is 7.98. The summed E-state index contributed by atoms with van der Waals surface area (Å²) < 4.78 is 42.5. The van der Waals surface area contributed by atoms with Gasteiger partial charge in [0.1, 0.15) is 11.6 Å². The molecule has 0 aliphatic heterocycles. The minimum atomic E-state index is -0.979. The Labute approximate surface area is 337 Å². The van der Waals surface area contributed by atoms with Crippen molar-refractivity contribution in [3.63, 3.8) is 0 Å². The number of hydrogen-bond donors (Lipinski definition) is 8. The Kier molecular flexibility index (Phi) is 15.0. The number of rotatable bonds is 16. The highest BCUT2D eigenvalue weighted by Gasteiger charge is 2.19. The Bertz CT molecular complexity index is 2280. The minimum Gasteiger partial charge on any atom is -0.403 e. The molecule has 0 amide bonds. The van der Waals surface area contributed by atoms with Crippen LogP contribution in [0.15, 0.2) is 89.1 Å². The van der Waals surface area contributed by atoms with Gasteiger partial charge in [-0.1, -0.05) is 10.2 Å². The van der Waals surface area contributed by atoms with E-state index in [0.29, 0.717) is 22.5 Å². The van der Waals surface area contributed by atoms with E-state index in [2.05, 4.69) is 41.7 Å². The number of aryl methyl sites for hydroxylation is 2. The molecule has 2 aromatic carbocycles. The predicted octanol–water partition coefficient (Wildman–Crippen LogP) is 3.61. The Hall–Kier alpha value is -5.78. The predicted molar refractivity (Wildman–Crippen MR) is 216 cm³/mol. The van der Waals surface area contributed by atoms with Gasteiger partial charge in [-0.15, -0.1) is 33.7 Å². The van der Waals surface area contributed by atoms with Gasteiger partial charge in [0.25, 0.3) is 22.9 Å². The second-order valence-electron chi connectivity index (χ2n) is 12.3. The van der Waals surface area contributed by atoms with E-state index in [4.69, 9.17) is 19.0 Å². The highest BCUT2D eigenvalue weighted by atomic mass is 32.2. The van der Waals surface area contributed by atoms with Gasteiger partial charge in [-0.25, -0.2) is 8.78 Å². The molecule has 4 aromatic heterocycles. The molecule has 18 nitrogen and oxygen atoms in total. The molecule has 0 fully saturated rings. The average molecular weight is 843 g/mol. The molecule has 0 saturated carbocycles. The maximum Gasteiger partial charge on any atom is 0.315 e. The maximum atomic E-state index is 14.4. The van der Waals surface area contributed by atoms with Crippen molar-refractivity contribution in [2.75, 3.05) is 60.1 Å². The molecular weight excluding hydrogens is 803 g/mol. The van der Waals surface area contributed by atoms with Crippen molar-refractivity contribution >= 4 is 58.3 Å². The van der Waals surface area contributed by atoms with Gasteiger partial charge >= 0.3 is 12.0 Å². The van der Waals surface area contributed by atoms with Crippen LogP contribution in [-0.2, 0) is 14.1 Å². The summed E-state index contributed by atoms with van der Waals surface area (Å²) in [4.78, 5) is 25.8. The summed E-state index contributed by atoms with van der Waals surface area (Å²) in [5.74, 6) is -0.751. The maximum absolute atomic E-state index is 14.4. The number of halogens is 2. The fraction of sp³-hybridized carbons (Fsp3) is 0.278. The number of nitrogens with one attached hydrogen (secondary N) is 4. The third-order valence-corrected chi connectivity index (χ3v) is 9.51. The first-order valence-corrected chi connectivity index (χ1v) is 19.6. The normalized spacial score (nSPS) is 12.0. The van der Waals surface area contributed by atoms with E-state index in [1.54, 1.807) is 38.4 Å². The fourth-order valence-corrected chi connectivity index (χ4v) is 5.74. The topological polar surface area (TPSA) is 251 Å². The number of pyridine rings is 2. The quantitative estimate of drug-likeness (QED) is 0.0648. The van der Waals surface area contributed by atoms with E-state index in [0.717, 1.165) is 9.79 Å². The van der Waals surface area contributed by atoms with Gasteiger partial charge in [0, 0.05) is 61.5 Å². The van der Waals surface area contributed by atoms with Crippen molar-refractivity contribution in [3.05, 3.63) is 93.3 Å². The molecule has 0 spiro atoms. The molecular formula is C36H40F2N10O8S2. The number of hydrogen-bond acceptors (Lipinski definition) is 18. The average Bonchev–Trinajstić information content (AvgIpc) is 3.90. The lowest BCUT2D eigenvalue weighted by atomic mass is 10.2. The molecule has 6 aromatic rings. The molecule has 6 rings (SSSR count). The standard InChI is InChI=1S/2C18H20FN5O4S/c2*1-24-8-12(17-22-23-18(28-17)20-7-10(26)9-25)15(6-16(24)27)21-14-4-3-11(29-2)5-13(14)19/h2*3-6,8,10,21,25-26H,7,9H2,1-2H3,(H,20,23). The van der Waals surface area contributed by atoms with Crippen LogP contribution in [0.2, 0.25) is 0 Å². The monoisotopic (exact) mass is 842 g/mol. The zero-order valence-corrected chi connectivity index (χ0v) is 33.1. The Balaban J connectivity index is 0.000000221. The van der Waals surface area contributed by atoms with Crippen molar-refractivity contribution in [3.8, 4) is 22.9 Å². The summed E-state index contributed by atoms with van der Waals surface area (Å²) in [7, 11) is 3.13. The molecule has 4 heterocycles. The van der Waals surface area contributed by atoms with Crippen LogP contribution in [0.1, 0.15) is 0 Å². The third kappa shape index (κ3) is 11.2. The van der Waals surface area contributed by atoms with Crippen LogP contribution in [0, 0.1) is 11.6 Å². The summed E-state index contributed by atoms with van der Waals surface area (Å²) >= 11 is 2.84. The Morgan fingerprint density at radius 1 is 0.655 bits per heavy atom. The first-order chi connectivity index (χ1) is 27.8. The molecule has 22 heteroatoms. The van der Waals surface area contributed by atoms with Crippen molar-refractivity contribution in [1.29, 1.82) is 0 Å². The van der Waals surface area contributed by atoms with E-state index in [9.17, 15) is 28.6 Å². The molecule has 0 bridgehead atoms. The third-order valence-electron chi connectivity index (χ3n) is 8.06. The van der Waals surface area contributed by atoms with Gasteiger partial charge in [-0.05, 0) is 48.9 Å². The number of anilines is 6. The van der Waals surface area contributed by atoms with Gasteiger partial charge in [-0.3, -0.25) is 9.59 Å². The first kappa shape index (κ1) is 43.3. The minimum absolute atomic E-state index is 0.0174. The van der Waals surface area contributed by atoms with Gasteiger partial charge in [0.05, 0.1) is 59.3 Å². The smallest absolute Gasteiger partial charge is 0.315 e. The van der Waals surface area contributed by atoms with Crippen LogP contribution in [0.3, 0.4) is 0 Å². The van der Waals surface area contributed by atoms with E-state index in [1.807, 2.05) is 12.5 Å². The molecule has 2 unspecified atom stereocenters. The van der Waals surface area contributed by atoms with Crippen molar-refractivity contribution in [2.45, 2.75) is 22.0 Å². The lowest BCUT2D eigenvalue weighted by molar-refractivity contribution is 0.105. The summed E-state index contributed by atoms with van der Waals surface area (Å²) in [6, 6.07) is 12.2. The largest absolute Gasteiger partial charge is 0.403 e. The lowest BCUT2D eigenvalue weighted by Crippen LogP contribution is -2.23. The zero-order chi connectivity index (χ0) is 41.9. The second-order valence-corrected chi connectivity index (χ2v) is 14.1. The molecule has 0 aliphatic carbocycles. The van der Waals surface area contributed by atoms with Crippen molar-refractivity contribution in [2.24, 2.45) is 14.1 Å². The van der Waals surface area contributed by atoms with Crippen LogP contribution < -0.4 is 32.4 Å². The summed E-state index contributed by atoms with van der Waals surface area (Å²) in [6.45, 7) is -0.791. The molecule has 0 saturated heterocycles. The second kappa shape index (κ2) is 20.1. The van der Waals surface area contributed by atoms with E-state index < -0.39 is 37.1 Å². The Morgan fingerprint density at radius 2 is 1.05 bits per heavy atom. The van der Waals surface area contributed by atoms with Crippen LogP contribution in [0.25, 0.3) is 22.9 Å². The molecule has 8 N–H and O–H groups in total. The van der Waals surface area contributed by atoms with Gasteiger partial charge in [0.15, 0.2) is 0 Å². The van der Waals surface area contributed by atoms with Crippen LogP contribution in [0.5, 0.6) is 0 Å². The van der Waals surface area contributed by atoms with E-state index >= 15 is 0 Å². The Morgan fingerprint density at radius 3 is 1.40 bits per heavy atom. The van der Waals surface area contributed by atoms with Crippen LogP contribution in [-0.4, -0.2) is 101 Å².